The molecule has 2 aromatic heterocycles. The first-order valence-electron chi connectivity index (χ1n) is 5.91. The van der Waals surface area contributed by atoms with Crippen molar-refractivity contribution in [1.29, 1.82) is 0 Å². The van der Waals surface area contributed by atoms with Crippen LogP contribution in [0.15, 0.2) is 17.8 Å². The van der Waals surface area contributed by atoms with E-state index in [9.17, 15) is 9.59 Å². The van der Waals surface area contributed by atoms with Crippen molar-refractivity contribution in [2.75, 3.05) is 6.61 Å². The number of aromatic nitrogens is 4. The lowest BCUT2D eigenvalue weighted by molar-refractivity contribution is -0.144. The molecule has 1 N–H and O–H groups in total. The first-order chi connectivity index (χ1) is 9.63. The second-order valence-electron chi connectivity index (χ2n) is 3.84. The number of hydrogen-bond donors (Lipinski definition) is 1. The third-order valence-corrected chi connectivity index (χ3v) is 3.34. The number of esters is 1. The number of carbonyl (C=O) groups excluding carboxylic acids is 2. The van der Waals surface area contributed by atoms with E-state index in [0.29, 0.717) is 10.6 Å². The van der Waals surface area contributed by atoms with Crippen molar-refractivity contribution < 1.29 is 14.3 Å². The normalized spacial score (nSPS) is 11.9. The smallest absolute Gasteiger partial charge is 0.328 e. The Morgan fingerprint density at radius 1 is 1.55 bits per heavy atom. The lowest BCUT2D eigenvalue weighted by Gasteiger charge is -2.12. The third kappa shape index (κ3) is 2.99. The molecule has 0 aliphatic rings. The number of hydrogen-bond acceptors (Lipinski definition) is 7. The van der Waals surface area contributed by atoms with Crippen LogP contribution < -0.4 is 5.32 Å². The van der Waals surface area contributed by atoms with Gasteiger partial charge in [0, 0.05) is 0 Å². The molecule has 0 radical (unpaired) electrons. The molecule has 0 saturated carbocycles. The van der Waals surface area contributed by atoms with Crippen LogP contribution in [0, 0.1) is 0 Å². The minimum atomic E-state index is -0.716. The number of nitrogens with one attached hydrogen (secondary N) is 1. The monoisotopic (exact) mass is 295 g/mol. The van der Waals surface area contributed by atoms with E-state index in [4.69, 9.17) is 4.74 Å². The van der Waals surface area contributed by atoms with Gasteiger partial charge in [0.15, 0.2) is 0 Å². The molecule has 20 heavy (non-hydrogen) atoms. The summed E-state index contributed by atoms with van der Waals surface area (Å²) in [5, 5.41) is 15.1. The third-order valence-electron chi connectivity index (χ3n) is 2.43. The standard InChI is InChI=1S/C11H13N5O3S/c1-3-19-11(18)7(2)13-10(17)9-8(4-5-20-9)16-6-12-14-15-16/h4-7H,3H2,1-2H3,(H,13,17). The minimum Gasteiger partial charge on any atom is -0.464 e. The lowest BCUT2D eigenvalue weighted by Crippen LogP contribution is -2.39. The Bertz CT molecular complexity index is 595. The number of carbonyl (C=O) groups is 2. The molecule has 0 fully saturated rings. The Hall–Kier alpha value is -2.29. The van der Waals surface area contributed by atoms with Crippen LogP contribution in [0.3, 0.4) is 0 Å². The topological polar surface area (TPSA) is 99.0 Å². The molecule has 1 unspecified atom stereocenters. The van der Waals surface area contributed by atoms with Crippen LogP contribution in [-0.2, 0) is 9.53 Å². The highest BCUT2D eigenvalue weighted by molar-refractivity contribution is 7.12. The zero-order valence-corrected chi connectivity index (χ0v) is 11.8. The fourth-order valence-corrected chi connectivity index (χ4v) is 2.29. The molecule has 1 amide bonds. The number of rotatable bonds is 5. The molecule has 2 aromatic rings. The van der Waals surface area contributed by atoms with Gasteiger partial charge in [-0.05, 0) is 35.7 Å². The van der Waals surface area contributed by atoms with E-state index < -0.39 is 12.0 Å². The highest BCUT2D eigenvalue weighted by atomic mass is 32.1. The lowest BCUT2D eigenvalue weighted by atomic mass is 10.3. The van der Waals surface area contributed by atoms with Gasteiger partial charge in [-0.25, -0.2) is 4.79 Å². The van der Waals surface area contributed by atoms with Crippen molar-refractivity contribution >= 4 is 23.2 Å². The fourth-order valence-electron chi connectivity index (χ4n) is 1.51. The Kier molecular flexibility index (Phi) is 4.41. The molecule has 0 saturated heterocycles. The highest BCUT2D eigenvalue weighted by Crippen LogP contribution is 2.19. The molecule has 2 rings (SSSR count). The first kappa shape index (κ1) is 14.1. The molecule has 1 atom stereocenters. The average Bonchev–Trinajstić information content (AvgIpc) is 3.09. The zero-order valence-electron chi connectivity index (χ0n) is 10.9. The van der Waals surface area contributed by atoms with Crippen LogP contribution in [0.2, 0.25) is 0 Å². The van der Waals surface area contributed by atoms with Gasteiger partial charge in [-0.3, -0.25) is 4.79 Å². The summed E-state index contributed by atoms with van der Waals surface area (Å²) >= 11 is 1.24. The minimum absolute atomic E-state index is 0.272. The molecule has 0 bridgehead atoms. The maximum Gasteiger partial charge on any atom is 0.328 e. The molecule has 2 heterocycles. The van der Waals surface area contributed by atoms with E-state index in [0.717, 1.165) is 0 Å². The SMILES string of the molecule is CCOC(=O)C(C)NC(=O)c1sccc1-n1cnnn1. The van der Waals surface area contributed by atoms with Crippen molar-refractivity contribution in [2.24, 2.45) is 0 Å². The predicted octanol–water partition coefficient (Wildman–Crippen LogP) is 0.405. The highest BCUT2D eigenvalue weighted by Gasteiger charge is 2.21. The number of thiophene rings is 1. The predicted molar refractivity (Wildman–Crippen MR) is 70.6 cm³/mol. The van der Waals surface area contributed by atoms with Crippen molar-refractivity contribution in [2.45, 2.75) is 19.9 Å². The van der Waals surface area contributed by atoms with Crippen LogP contribution in [0.5, 0.6) is 0 Å². The van der Waals surface area contributed by atoms with Crippen LogP contribution in [0.4, 0.5) is 0 Å². The molecular weight excluding hydrogens is 282 g/mol. The van der Waals surface area contributed by atoms with Gasteiger partial charge < -0.3 is 10.1 Å². The van der Waals surface area contributed by atoms with Gasteiger partial charge in [0.25, 0.3) is 5.91 Å². The van der Waals surface area contributed by atoms with Crippen LogP contribution in [0.1, 0.15) is 23.5 Å². The van der Waals surface area contributed by atoms with Crippen molar-refractivity contribution in [3.05, 3.63) is 22.7 Å². The van der Waals surface area contributed by atoms with Gasteiger partial charge in [0.2, 0.25) is 0 Å². The Balaban J connectivity index is 2.11. The first-order valence-corrected chi connectivity index (χ1v) is 6.79. The summed E-state index contributed by atoms with van der Waals surface area (Å²) in [4.78, 5) is 24.1. The maximum absolute atomic E-state index is 12.2. The summed E-state index contributed by atoms with van der Waals surface area (Å²) in [6.07, 6.45) is 1.40. The van der Waals surface area contributed by atoms with Gasteiger partial charge in [-0.15, -0.1) is 16.4 Å². The van der Waals surface area contributed by atoms with Crippen molar-refractivity contribution in [3.8, 4) is 5.69 Å². The van der Waals surface area contributed by atoms with Gasteiger partial charge >= 0.3 is 5.97 Å². The summed E-state index contributed by atoms with van der Waals surface area (Å²) in [7, 11) is 0. The molecular formula is C11H13N5O3S. The molecule has 0 aliphatic carbocycles. The fraction of sp³-hybridized carbons (Fsp3) is 0.364. The number of ether oxygens (including phenoxy) is 1. The summed E-state index contributed by atoms with van der Waals surface area (Å²) in [6, 6.07) is 1.01. The van der Waals surface area contributed by atoms with Crippen molar-refractivity contribution in [3.63, 3.8) is 0 Å². The molecule has 0 aliphatic heterocycles. The molecule has 0 aromatic carbocycles. The summed E-state index contributed by atoms with van der Waals surface area (Å²) in [6.45, 7) is 3.55. The maximum atomic E-state index is 12.2. The van der Waals surface area contributed by atoms with E-state index in [1.807, 2.05) is 0 Å². The second-order valence-corrected chi connectivity index (χ2v) is 4.75. The second kappa shape index (κ2) is 6.24. The summed E-state index contributed by atoms with van der Waals surface area (Å²) < 4.78 is 6.23. The van der Waals surface area contributed by atoms with E-state index in [-0.39, 0.29) is 12.5 Å². The summed E-state index contributed by atoms with van der Waals surface area (Å²) in [5.74, 6) is -0.840. The van der Waals surface area contributed by atoms with Gasteiger partial charge in [0.05, 0.1) is 12.3 Å². The van der Waals surface area contributed by atoms with Gasteiger partial charge in [0.1, 0.15) is 17.2 Å². The molecule has 8 nitrogen and oxygen atoms in total. The Labute approximate surface area is 118 Å². The average molecular weight is 295 g/mol. The molecule has 0 spiro atoms. The van der Waals surface area contributed by atoms with E-state index >= 15 is 0 Å². The Morgan fingerprint density at radius 3 is 3.00 bits per heavy atom. The molecule has 106 valence electrons. The zero-order chi connectivity index (χ0) is 14.5. The van der Waals surface area contributed by atoms with Gasteiger partial charge in [-0.1, -0.05) is 0 Å². The van der Waals surface area contributed by atoms with E-state index in [2.05, 4.69) is 20.8 Å². The van der Waals surface area contributed by atoms with Crippen molar-refractivity contribution in [1.82, 2.24) is 25.5 Å². The largest absolute Gasteiger partial charge is 0.464 e. The van der Waals surface area contributed by atoms with Gasteiger partial charge in [-0.2, -0.15) is 4.68 Å². The Morgan fingerprint density at radius 2 is 2.35 bits per heavy atom. The number of tetrazole rings is 1. The van der Waals surface area contributed by atoms with Crippen LogP contribution >= 0.6 is 11.3 Å². The number of amides is 1. The summed E-state index contributed by atoms with van der Waals surface area (Å²) in [5.41, 5.74) is 0.563. The van der Waals surface area contributed by atoms with E-state index in [1.54, 1.807) is 25.3 Å². The quantitative estimate of drug-likeness (QED) is 0.802. The number of nitrogens with zero attached hydrogens (tertiary/aromatic N) is 4. The molecule has 9 heteroatoms. The van der Waals surface area contributed by atoms with Crippen LogP contribution in [-0.4, -0.2) is 44.7 Å². The van der Waals surface area contributed by atoms with E-state index in [1.165, 1.54) is 22.3 Å². The van der Waals surface area contributed by atoms with Crippen LogP contribution in [0.25, 0.3) is 5.69 Å².